The third-order valence-corrected chi connectivity index (χ3v) is 2.91. The van der Waals surface area contributed by atoms with Crippen molar-refractivity contribution >= 4 is 22.6 Å². The molecule has 0 aromatic heterocycles. The van der Waals surface area contributed by atoms with Gasteiger partial charge in [0.1, 0.15) is 0 Å². The number of halogens is 1. The second kappa shape index (κ2) is 9.78. The predicted octanol–water partition coefficient (Wildman–Crippen LogP) is 3.39. The van der Waals surface area contributed by atoms with Crippen LogP contribution >= 0.6 is 22.6 Å². The summed E-state index contributed by atoms with van der Waals surface area (Å²) >= 11 is 2.43. The van der Waals surface area contributed by atoms with Gasteiger partial charge in [-0.05, 0) is 23.2 Å². The Hall–Kier alpha value is 0.690. The lowest BCUT2D eigenvalue weighted by Crippen LogP contribution is -1.99. The summed E-state index contributed by atoms with van der Waals surface area (Å²) in [5.74, 6) is 0.509. The van der Waals surface area contributed by atoms with E-state index in [-0.39, 0.29) is 0 Å². The van der Waals surface area contributed by atoms with Crippen molar-refractivity contribution in [1.82, 2.24) is 0 Å². The van der Waals surface area contributed by atoms with Gasteiger partial charge in [-0.25, -0.2) is 0 Å². The molecule has 0 radical (unpaired) electrons. The zero-order valence-corrected chi connectivity index (χ0v) is 10.2. The van der Waals surface area contributed by atoms with E-state index in [1.54, 1.807) is 0 Å². The molecule has 0 amide bonds. The quantitative estimate of drug-likeness (QED) is 0.411. The summed E-state index contributed by atoms with van der Waals surface area (Å²) in [5.41, 5.74) is 0. The standard InChI is InChI=1S/C10H21IO/c1-10(9-12)7-5-3-2-4-6-8-11/h10,12H,2-9H2,1H3/t10-/m0/s1. The van der Waals surface area contributed by atoms with Gasteiger partial charge >= 0.3 is 0 Å². The molecule has 1 atom stereocenters. The molecule has 0 spiro atoms. The predicted molar refractivity (Wildman–Crippen MR) is 62.8 cm³/mol. The molecule has 0 aliphatic carbocycles. The molecule has 2 heteroatoms. The van der Waals surface area contributed by atoms with E-state index in [0.29, 0.717) is 12.5 Å². The highest BCUT2D eigenvalue weighted by Gasteiger charge is 1.98. The normalized spacial score (nSPS) is 13.2. The second-order valence-corrected chi connectivity index (χ2v) is 4.61. The van der Waals surface area contributed by atoms with Crippen molar-refractivity contribution in [2.45, 2.75) is 45.4 Å². The molecule has 0 fully saturated rings. The molecule has 0 heterocycles. The van der Waals surface area contributed by atoms with E-state index in [9.17, 15) is 0 Å². The first-order valence-electron chi connectivity index (χ1n) is 4.98. The first-order valence-corrected chi connectivity index (χ1v) is 6.50. The molecule has 1 nitrogen and oxygen atoms in total. The Morgan fingerprint density at radius 1 is 1.08 bits per heavy atom. The zero-order chi connectivity index (χ0) is 9.23. The Morgan fingerprint density at radius 3 is 2.25 bits per heavy atom. The van der Waals surface area contributed by atoms with Crippen LogP contribution in [-0.4, -0.2) is 16.1 Å². The molecule has 0 saturated heterocycles. The van der Waals surface area contributed by atoms with Crippen molar-refractivity contribution in [1.29, 1.82) is 0 Å². The van der Waals surface area contributed by atoms with E-state index in [4.69, 9.17) is 5.11 Å². The Balaban J connectivity index is 2.90. The number of aliphatic hydroxyl groups excluding tert-OH is 1. The van der Waals surface area contributed by atoms with Crippen LogP contribution < -0.4 is 0 Å². The van der Waals surface area contributed by atoms with Crippen LogP contribution in [0.1, 0.15) is 45.4 Å². The first-order chi connectivity index (χ1) is 5.81. The SMILES string of the molecule is C[C@H](CO)CCCCCCCI. The number of hydrogen-bond donors (Lipinski definition) is 1. The summed E-state index contributed by atoms with van der Waals surface area (Å²) in [7, 11) is 0. The van der Waals surface area contributed by atoms with Gasteiger partial charge in [-0.15, -0.1) is 0 Å². The summed E-state index contributed by atoms with van der Waals surface area (Å²) in [5, 5.41) is 8.77. The maximum Gasteiger partial charge on any atom is 0.0456 e. The summed E-state index contributed by atoms with van der Waals surface area (Å²) in [6.45, 7) is 2.47. The molecular weight excluding hydrogens is 263 g/mol. The molecule has 0 rings (SSSR count). The summed E-state index contributed by atoms with van der Waals surface area (Å²) in [4.78, 5) is 0. The number of aliphatic hydroxyl groups is 1. The van der Waals surface area contributed by atoms with Crippen molar-refractivity contribution < 1.29 is 5.11 Å². The van der Waals surface area contributed by atoms with E-state index >= 15 is 0 Å². The lowest BCUT2D eigenvalue weighted by Gasteiger charge is -2.06. The van der Waals surface area contributed by atoms with Crippen molar-refractivity contribution in [3.63, 3.8) is 0 Å². The number of rotatable bonds is 8. The Labute approximate surface area is 90.1 Å². The molecule has 0 aliphatic heterocycles. The summed E-state index contributed by atoms with van der Waals surface area (Å²) in [6, 6.07) is 0. The molecule has 0 saturated carbocycles. The minimum Gasteiger partial charge on any atom is -0.396 e. The smallest absolute Gasteiger partial charge is 0.0456 e. The van der Waals surface area contributed by atoms with Gasteiger partial charge in [-0.3, -0.25) is 0 Å². The lowest BCUT2D eigenvalue weighted by atomic mass is 10.0. The van der Waals surface area contributed by atoms with Crippen LogP contribution in [-0.2, 0) is 0 Å². The van der Waals surface area contributed by atoms with Gasteiger partial charge in [0.15, 0.2) is 0 Å². The highest BCUT2D eigenvalue weighted by molar-refractivity contribution is 14.1. The minimum atomic E-state index is 0.355. The van der Waals surface area contributed by atoms with Gasteiger partial charge in [0.2, 0.25) is 0 Å². The Kier molecular flexibility index (Phi) is 10.3. The first kappa shape index (κ1) is 12.7. The molecule has 0 bridgehead atoms. The van der Waals surface area contributed by atoms with Crippen LogP contribution in [0.5, 0.6) is 0 Å². The molecule has 74 valence electrons. The number of hydrogen-bond acceptors (Lipinski definition) is 1. The van der Waals surface area contributed by atoms with Crippen LogP contribution in [0.4, 0.5) is 0 Å². The fourth-order valence-electron chi connectivity index (χ4n) is 1.21. The summed E-state index contributed by atoms with van der Waals surface area (Å²) in [6.07, 6.45) is 7.97. The molecule has 1 N–H and O–H groups in total. The monoisotopic (exact) mass is 284 g/mol. The van der Waals surface area contributed by atoms with Crippen molar-refractivity contribution in [3.8, 4) is 0 Å². The summed E-state index contributed by atoms with van der Waals surface area (Å²) < 4.78 is 1.30. The molecule has 0 unspecified atom stereocenters. The van der Waals surface area contributed by atoms with E-state index in [0.717, 1.165) is 0 Å². The minimum absolute atomic E-state index is 0.355. The molecular formula is C10H21IO. The second-order valence-electron chi connectivity index (χ2n) is 3.53. The maximum atomic E-state index is 8.77. The average Bonchev–Trinajstić information content (AvgIpc) is 2.10. The largest absolute Gasteiger partial charge is 0.396 e. The van der Waals surface area contributed by atoms with Crippen molar-refractivity contribution in [2.24, 2.45) is 5.92 Å². The molecule has 0 aromatic carbocycles. The topological polar surface area (TPSA) is 20.2 Å². The van der Waals surface area contributed by atoms with E-state index < -0.39 is 0 Å². The number of unbranched alkanes of at least 4 members (excludes halogenated alkanes) is 4. The molecule has 0 aliphatic rings. The maximum absolute atomic E-state index is 8.77. The third kappa shape index (κ3) is 8.78. The van der Waals surface area contributed by atoms with Crippen molar-refractivity contribution in [2.75, 3.05) is 11.0 Å². The van der Waals surface area contributed by atoms with E-state index in [1.165, 1.54) is 43.0 Å². The highest BCUT2D eigenvalue weighted by atomic mass is 127. The Bertz CT molecular complexity index is 85.9. The fraction of sp³-hybridized carbons (Fsp3) is 1.00. The van der Waals surface area contributed by atoms with E-state index in [1.807, 2.05) is 0 Å². The van der Waals surface area contributed by atoms with Gasteiger partial charge in [0.05, 0.1) is 0 Å². The van der Waals surface area contributed by atoms with Crippen LogP contribution in [0, 0.1) is 5.92 Å². The highest BCUT2D eigenvalue weighted by Crippen LogP contribution is 2.10. The zero-order valence-electron chi connectivity index (χ0n) is 8.06. The van der Waals surface area contributed by atoms with Crippen LogP contribution in [0.3, 0.4) is 0 Å². The van der Waals surface area contributed by atoms with Gasteiger partial charge < -0.3 is 5.11 Å². The lowest BCUT2D eigenvalue weighted by molar-refractivity contribution is 0.227. The van der Waals surface area contributed by atoms with Crippen LogP contribution in [0.2, 0.25) is 0 Å². The average molecular weight is 284 g/mol. The van der Waals surface area contributed by atoms with Gasteiger partial charge in [-0.1, -0.05) is 55.2 Å². The molecule has 0 aromatic rings. The van der Waals surface area contributed by atoms with Crippen LogP contribution in [0.25, 0.3) is 0 Å². The van der Waals surface area contributed by atoms with Gasteiger partial charge in [0, 0.05) is 6.61 Å². The Morgan fingerprint density at radius 2 is 1.67 bits per heavy atom. The third-order valence-electron chi connectivity index (χ3n) is 2.14. The van der Waals surface area contributed by atoms with Crippen molar-refractivity contribution in [3.05, 3.63) is 0 Å². The fourth-order valence-corrected chi connectivity index (χ4v) is 1.75. The van der Waals surface area contributed by atoms with Gasteiger partial charge in [-0.2, -0.15) is 0 Å². The number of alkyl halides is 1. The van der Waals surface area contributed by atoms with E-state index in [2.05, 4.69) is 29.5 Å². The van der Waals surface area contributed by atoms with Crippen LogP contribution in [0.15, 0.2) is 0 Å². The molecule has 12 heavy (non-hydrogen) atoms. The van der Waals surface area contributed by atoms with Gasteiger partial charge in [0.25, 0.3) is 0 Å².